The van der Waals surface area contributed by atoms with E-state index in [1.807, 2.05) is 13.8 Å². The highest BCUT2D eigenvalue weighted by molar-refractivity contribution is 14.1. The Morgan fingerprint density at radius 3 is 2.29 bits per heavy atom. The number of hydrogen-bond acceptors (Lipinski definition) is 3. The summed E-state index contributed by atoms with van der Waals surface area (Å²) < 4.78 is 5.31. The predicted octanol–water partition coefficient (Wildman–Crippen LogP) is 2.01. The van der Waals surface area contributed by atoms with Gasteiger partial charge in [0.1, 0.15) is 5.72 Å². The minimum Gasteiger partial charge on any atom is -0.361 e. The van der Waals surface area contributed by atoms with Crippen molar-refractivity contribution in [1.82, 2.24) is 5.32 Å². The molecule has 0 aromatic carbocycles. The summed E-state index contributed by atoms with van der Waals surface area (Å²) in [6.07, 6.45) is 0.738. The van der Waals surface area contributed by atoms with Crippen LogP contribution >= 0.6 is 22.6 Å². The summed E-state index contributed by atoms with van der Waals surface area (Å²) in [4.78, 5) is 10.8. The second kappa shape index (κ2) is 5.27. The van der Waals surface area contributed by atoms with E-state index < -0.39 is 5.72 Å². The van der Waals surface area contributed by atoms with Gasteiger partial charge in [0.15, 0.2) is 0 Å². The van der Waals surface area contributed by atoms with Crippen LogP contribution in [-0.4, -0.2) is 21.8 Å². The molecule has 4 nitrogen and oxygen atoms in total. The molecule has 0 aromatic rings. The summed E-state index contributed by atoms with van der Waals surface area (Å²) in [5.74, 6) is 0. The number of ether oxygens (including phenoxy) is 1. The highest BCUT2D eigenvalue weighted by Crippen LogP contribution is 2.11. The van der Waals surface area contributed by atoms with Crippen molar-refractivity contribution in [2.45, 2.75) is 45.4 Å². The number of carbonyl (C=O) groups excluding carboxylic acids is 1. The van der Waals surface area contributed by atoms with Crippen LogP contribution in [0.5, 0.6) is 0 Å². The Morgan fingerprint density at radius 2 is 1.93 bits per heavy atom. The largest absolute Gasteiger partial charge is 0.361 e. The van der Waals surface area contributed by atoms with Gasteiger partial charge in [0.05, 0.1) is 6.61 Å². The van der Waals surface area contributed by atoms with Gasteiger partial charge in [-0.3, -0.25) is 4.79 Å². The van der Waals surface area contributed by atoms with E-state index in [2.05, 4.69) is 5.32 Å². The van der Waals surface area contributed by atoms with Gasteiger partial charge in [-0.05, 0) is 34.1 Å². The lowest BCUT2D eigenvalue weighted by Crippen LogP contribution is -2.43. The van der Waals surface area contributed by atoms with Crippen LogP contribution in [0.1, 0.15) is 34.1 Å². The Bertz CT molecular complexity index is 199. The summed E-state index contributed by atoms with van der Waals surface area (Å²) in [5.41, 5.74) is 4.80. The molecule has 0 aliphatic carbocycles. The van der Waals surface area contributed by atoms with Gasteiger partial charge >= 0.3 is 0 Å². The Balaban J connectivity index is 3.82. The zero-order valence-electron chi connectivity index (χ0n) is 9.19. The molecule has 0 aliphatic rings. The molecule has 0 heterocycles. The molecular weight excluding hydrogens is 295 g/mol. The zero-order chi connectivity index (χ0) is 11.4. The predicted molar refractivity (Wildman–Crippen MR) is 65.5 cm³/mol. The van der Waals surface area contributed by atoms with Crippen LogP contribution < -0.4 is 11.1 Å². The van der Waals surface area contributed by atoms with E-state index in [0.717, 1.165) is 6.42 Å². The summed E-state index contributed by atoms with van der Waals surface area (Å²) in [6, 6.07) is 0. The number of carbonyl (C=O) groups is 1. The molecule has 0 saturated heterocycles. The van der Waals surface area contributed by atoms with E-state index in [0.29, 0.717) is 6.61 Å². The third-order valence-corrected chi connectivity index (χ3v) is 1.91. The van der Waals surface area contributed by atoms with Gasteiger partial charge in [0.25, 0.3) is 3.91 Å². The van der Waals surface area contributed by atoms with Gasteiger partial charge < -0.3 is 15.8 Å². The first kappa shape index (κ1) is 14.1. The van der Waals surface area contributed by atoms with Gasteiger partial charge in [0, 0.05) is 28.1 Å². The average Bonchev–Trinajstić information content (AvgIpc) is 1.78. The van der Waals surface area contributed by atoms with Crippen molar-refractivity contribution in [1.29, 1.82) is 0 Å². The average molecular weight is 314 g/mol. The van der Waals surface area contributed by atoms with Crippen molar-refractivity contribution in [3.63, 3.8) is 0 Å². The second-order valence-corrected chi connectivity index (χ2v) is 5.46. The van der Waals surface area contributed by atoms with E-state index in [4.69, 9.17) is 10.5 Å². The van der Waals surface area contributed by atoms with Crippen LogP contribution in [0.2, 0.25) is 0 Å². The number of hydrogen-bond donors (Lipinski definition) is 2. The Labute approximate surface area is 99.1 Å². The molecule has 0 aliphatic heterocycles. The molecule has 0 fully saturated rings. The Kier molecular flexibility index (Phi) is 5.32. The molecule has 1 amide bonds. The van der Waals surface area contributed by atoms with Crippen molar-refractivity contribution >= 4 is 26.5 Å². The molecule has 0 bridgehead atoms. The first-order chi connectivity index (χ1) is 6.12. The van der Waals surface area contributed by atoms with Gasteiger partial charge in [-0.15, -0.1) is 0 Å². The maximum absolute atomic E-state index is 10.8. The monoisotopic (exact) mass is 314 g/mol. The zero-order valence-corrected chi connectivity index (χ0v) is 11.3. The van der Waals surface area contributed by atoms with E-state index in [1.54, 1.807) is 36.4 Å². The lowest BCUT2D eigenvalue weighted by Gasteiger charge is -2.27. The third kappa shape index (κ3) is 8.71. The van der Waals surface area contributed by atoms with Crippen molar-refractivity contribution in [2.75, 3.05) is 6.61 Å². The van der Waals surface area contributed by atoms with Crippen LogP contribution in [0.3, 0.4) is 0 Å². The van der Waals surface area contributed by atoms with Crippen LogP contribution in [-0.2, 0) is 4.74 Å². The smallest absolute Gasteiger partial charge is 0.281 e. The summed E-state index contributed by atoms with van der Waals surface area (Å²) in [7, 11) is 0. The summed E-state index contributed by atoms with van der Waals surface area (Å²) >= 11 is 1.72. The second-order valence-electron chi connectivity index (χ2n) is 4.48. The molecule has 0 spiro atoms. The van der Waals surface area contributed by atoms with Crippen LogP contribution in [0, 0.1) is 0 Å². The molecule has 3 N–H and O–H groups in total. The van der Waals surface area contributed by atoms with Gasteiger partial charge in [-0.1, -0.05) is 0 Å². The fourth-order valence-corrected chi connectivity index (χ4v) is 1.63. The molecule has 0 aromatic heterocycles. The molecule has 0 unspecified atom stereocenters. The summed E-state index contributed by atoms with van der Waals surface area (Å²) in [5, 5.41) is 2.83. The minimum absolute atomic E-state index is 0.0559. The van der Waals surface area contributed by atoms with Crippen LogP contribution in [0.25, 0.3) is 0 Å². The van der Waals surface area contributed by atoms with Crippen molar-refractivity contribution in [3.8, 4) is 0 Å². The Hall–Kier alpha value is 0.120. The maximum atomic E-state index is 10.8. The standard InChI is InChI=1S/C9H19IN2O2/c1-8(2,12-7(10)13)5-6-14-9(3,4)11/h5-6,11H2,1-4H3,(H,12,13). The van der Waals surface area contributed by atoms with Crippen LogP contribution in [0.4, 0.5) is 4.79 Å². The van der Waals surface area contributed by atoms with E-state index in [9.17, 15) is 4.79 Å². The molecular formula is C9H19IN2O2. The normalized spacial score (nSPS) is 12.7. The molecule has 14 heavy (non-hydrogen) atoms. The van der Waals surface area contributed by atoms with Gasteiger partial charge in [0.2, 0.25) is 0 Å². The first-order valence-electron chi connectivity index (χ1n) is 4.53. The number of amides is 1. The van der Waals surface area contributed by atoms with Crippen LogP contribution in [0.15, 0.2) is 0 Å². The molecule has 5 heteroatoms. The first-order valence-corrected chi connectivity index (χ1v) is 5.61. The number of nitrogens with two attached hydrogens (primary N) is 1. The van der Waals surface area contributed by atoms with Crippen molar-refractivity contribution < 1.29 is 9.53 Å². The SMILES string of the molecule is CC(C)(CCOC(C)(C)N)NC(=O)I. The van der Waals surface area contributed by atoms with Gasteiger partial charge in [-0.2, -0.15) is 0 Å². The highest BCUT2D eigenvalue weighted by Gasteiger charge is 2.20. The Morgan fingerprint density at radius 1 is 1.43 bits per heavy atom. The molecule has 84 valence electrons. The number of halogens is 1. The fourth-order valence-electron chi connectivity index (χ4n) is 0.898. The molecule has 0 saturated carbocycles. The van der Waals surface area contributed by atoms with Crippen molar-refractivity contribution in [3.05, 3.63) is 0 Å². The van der Waals surface area contributed by atoms with E-state index in [1.165, 1.54) is 0 Å². The summed E-state index contributed by atoms with van der Waals surface area (Å²) in [6.45, 7) is 8.05. The topological polar surface area (TPSA) is 64.3 Å². The number of rotatable bonds is 5. The van der Waals surface area contributed by atoms with Crippen molar-refractivity contribution in [2.24, 2.45) is 5.73 Å². The quantitative estimate of drug-likeness (QED) is 0.353. The molecule has 0 atom stereocenters. The highest BCUT2D eigenvalue weighted by atomic mass is 127. The fraction of sp³-hybridized carbons (Fsp3) is 0.889. The number of nitrogens with one attached hydrogen (secondary N) is 1. The third-order valence-electron chi connectivity index (χ3n) is 1.64. The molecule has 0 rings (SSSR count). The van der Waals surface area contributed by atoms with Gasteiger partial charge in [-0.25, -0.2) is 0 Å². The van der Waals surface area contributed by atoms with E-state index >= 15 is 0 Å². The lowest BCUT2D eigenvalue weighted by molar-refractivity contribution is -0.0197. The minimum atomic E-state index is -0.607. The van der Waals surface area contributed by atoms with E-state index in [-0.39, 0.29) is 9.45 Å². The molecule has 0 radical (unpaired) electrons. The maximum Gasteiger partial charge on any atom is 0.281 e. The lowest BCUT2D eigenvalue weighted by atomic mass is 10.0.